The summed E-state index contributed by atoms with van der Waals surface area (Å²) in [7, 11) is 0. The van der Waals surface area contributed by atoms with Crippen molar-refractivity contribution in [2.24, 2.45) is 0 Å². The molecule has 1 N–H and O–H groups in total. The van der Waals surface area contributed by atoms with Gasteiger partial charge in [0.1, 0.15) is 0 Å². The van der Waals surface area contributed by atoms with E-state index < -0.39 is 5.60 Å². The molecule has 2 rings (SSSR count). The molecule has 0 radical (unpaired) electrons. The second-order valence-electron chi connectivity index (χ2n) is 5.10. The average molecular weight is 234 g/mol. The van der Waals surface area contributed by atoms with E-state index in [0.29, 0.717) is 0 Å². The van der Waals surface area contributed by atoms with Crippen LogP contribution in [0, 0.1) is 6.92 Å². The summed E-state index contributed by atoms with van der Waals surface area (Å²) in [6.45, 7) is 6.43. The predicted molar refractivity (Wildman–Crippen MR) is 74.1 cm³/mol. The molecule has 0 unspecified atom stereocenters. The van der Waals surface area contributed by atoms with Crippen LogP contribution in [0.1, 0.15) is 63.5 Å². The smallest absolute Gasteiger partial charge is 0.0896 e. The minimum Gasteiger partial charge on any atom is -0.385 e. The Balaban J connectivity index is 0.000000317. The molecule has 0 spiro atoms. The van der Waals surface area contributed by atoms with E-state index in [1.807, 2.05) is 0 Å². The van der Waals surface area contributed by atoms with Gasteiger partial charge in [-0.15, -0.1) is 0 Å². The van der Waals surface area contributed by atoms with Crippen LogP contribution in [-0.2, 0) is 5.60 Å². The van der Waals surface area contributed by atoms with Gasteiger partial charge >= 0.3 is 0 Å². The van der Waals surface area contributed by atoms with Crippen molar-refractivity contribution >= 4 is 0 Å². The molecule has 1 aliphatic carbocycles. The molecule has 96 valence electrons. The zero-order chi connectivity index (χ0) is 12.7. The maximum atomic E-state index is 10.3. The molecule has 1 fully saturated rings. The van der Waals surface area contributed by atoms with E-state index >= 15 is 0 Å². The Morgan fingerprint density at radius 3 is 1.88 bits per heavy atom. The summed E-state index contributed by atoms with van der Waals surface area (Å²) in [4.78, 5) is 0. The predicted octanol–water partition coefficient (Wildman–Crippen LogP) is 4.56. The van der Waals surface area contributed by atoms with Gasteiger partial charge in [0.25, 0.3) is 0 Å². The van der Waals surface area contributed by atoms with Gasteiger partial charge in [0.2, 0.25) is 0 Å². The van der Waals surface area contributed by atoms with Crippen LogP contribution in [0.15, 0.2) is 24.3 Å². The second kappa shape index (κ2) is 6.80. The van der Waals surface area contributed by atoms with Gasteiger partial charge in [-0.2, -0.15) is 0 Å². The highest BCUT2D eigenvalue weighted by atomic mass is 16.3. The Morgan fingerprint density at radius 1 is 1.00 bits per heavy atom. The van der Waals surface area contributed by atoms with E-state index in [2.05, 4.69) is 45.0 Å². The molecule has 0 atom stereocenters. The third-order valence-corrected chi connectivity index (χ3v) is 3.52. The molecular weight excluding hydrogens is 208 g/mol. The van der Waals surface area contributed by atoms with Crippen molar-refractivity contribution in [3.63, 3.8) is 0 Å². The third kappa shape index (κ3) is 4.16. The van der Waals surface area contributed by atoms with Gasteiger partial charge in [-0.25, -0.2) is 0 Å². The van der Waals surface area contributed by atoms with Gasteiger partial charge in [-0.1, -0.05) is 69.4 Å². The average Bonchev–Trinajstić information content (AvgIpc) is 2.78. The van der Waals surface area contributed by atoms with Gasteiger partial charge in [-0.05, 0) is 25.3 Å². The number of aryl methyl sites for hydroxylation is 1. The first-order valence-electron chi connectivity index (χ1n) is 6.92. The van der Waals surface area contributed by atoms with Crippen molar-refractivity contribution in [1.82, 2.24) is 0 Å². The summed E-state index contributed by atoms with van der Waals surface area (Å²) in [6, 6.07) is 8.26. The lowest BCUT2D eigenvalue weighted by Gasteiger charge is -2.22. The van der Waals surface area contributed by atoms with Gasteiger partial charge in [0.15, 0.2) is 0 Å². The third-order valence-electron chi connectivity index (χ3n) is 3.52. The first-order chi connectivity index (χ1) is 8.12. The van der Waals surface area contributed by atoms with E-state index in [0.717, 1.165) is 31.2 Å². The summed E-state index contributed by atoms with van der Waals surface area (Å²) < 4.78 is 0. The Morgan fingerprint density at radius 2 is 1.47 bits per heavy atom. The van der Waals surface area contributed by atoms with Crippen LogP contribution < -0.4 is 0 Å². The Kier molecular flexibility index (Phi) is 5.70. The second-order valence-corrected chi connectivity index (χ2v) is 5.10. The monoisotopic (exact) mass is 234 g/mol. The molecule has 1 aliphatic rings. The highest BCUT2D eigenvalue weighted by molar-refractivity contribution is 5.27. The molecule has 1 heteroatoms. The van der Waals surface area contributed by atoms with Crippen LogP contribution in [0.4, 0.5) is 0 Å². The fourth-order valence-corrected chi connectivity index (χ4v) is 2.11. The molecule has 0 heterocycles. The number of aliphatic hydroxyl groups is 1. The highest BCUT2D eigenvalue weighted by Gasteiger charge is 2.32. The normalized spacial score (nSPS) is 17.4. The summed E-state index contributed by atoms with van der Waals surface area (Å²) in [5.74, 6) is 0. The lowest BCUT2D eigenvalue weighted by molar-refractivity contribution is 0.0445. The van der Waals surface area contributed by atoms with Crippen molar-refractivity contribution in [2.45, 2.75) is 64.9 Å². The minimum absolute atomic E-state index is 0.520. The SMILES string of the molecule is CCCC.Cc1ccc(C2(O)CCCC2)cc1. The standard InChI is InChI=1S/C12H16O.C4H10/c1-10-4-6-11(7-5-10)12(13)8-2-3-9-12;1-3-4-2/h4-7,13H,2-3,8-9H2,1H3;3-4H2,1-2H3. The Bertz CT molecular complexity index is 305. The zero-order valence-corrected chi connectivity index (χ0v) is 11.5. The molecule has 0 aliphatic heterocycles. The molecule has 0 bridgehead atoms. The molecule has 0 aromatic heterocycles. The van der Waals surface area contributed by atoms with Crippen LogP contribution in [0.25, 0.3) is 0 Å². The molecule has 17 heavy (non-hydrogen) atoms. The van der Waals surface area contributed by atoms with Gasteiger partial charge in [0.05, 0.1) is 5.60 Å². The van der Waals surface area contributed by atoms with Gasteiger partial charge in [0, 0.05) is 0 Å². The van der Waals surface area contributed by atoms with Gasteiger partial charge in [-0.3, -0.25) is 0 Å². The molecular formula is C16H26O. The van der Waals surface area contributed by atoms with E-state index in [-0.39, 0.29) is 0 Å². The maximum absolute atomic E-state index is 10.3. The molecule has 0 amide bonds. The first kappa shape index (κ1) is 14.2. The van der Waals surface area contributed by atoms with Crippen LogP contribution in [-0.4, -0.2) is 5.11 Å². The van der Waals surface area contributed by atoms with Crippen molar-refractivity contribution in [3.05, 3.63) is 35.4 Å². The first-order valence-corrected chi connectivity index (χ1v) is 6.92. The quantitative estimate of drug-likeness (QED) is 0.795. The van der Waals surface area contributed by atoms with Crippen molar-refractivity contribution in [1.29, 1.82) is 0 Å². The van der Waals surface area contributed by atoms with Crippen LogP contribution in [0.3, 0.4) is 0 Å². The molecule has 0 saturated heterocycles. The van der Waals surface area contributed by atoms with E-state index in [1.165, 1.54) is 18.4 Å². The Labute approximate surface area is 106 Å². The lowest BCUT2D eigenvalue weighted by atomic mass is 9.92. The topological polar surface area (TPSA) is 20.2 Å². The van der Waals surface area contributed by atoms with Crippen molar-refractivity contribution in [3.8, 4) is 0 Å². The van der Waals surface area contributed by atoms with E-state index in [9.17, 15) is 5.11 Å². The summed E-state index contributed by atoms with van der Waals surface area (Å²) >= 11 is 0. The summed E-state index contributed by atoms with van der Waals surface area (Å²) in [5.41, 5.74) is 1.83. The summed E-state index contributed by atoms with van der Waals surface area (Å²) in [5, 5.41) is 10.3. The van der Waals surface area contributed by atoms with Crippen molar-refractivity contribution < 1.29 is 5.11 Å². The number of rotatable bonds is 2. The molecule has 1 nitrogen and oxygen atoms in total. The lowest BCUT2D eigenvalue weighted by Crippen LogP contribution is -2.20. The van der Waals surface area contributed by atoms with Gasteiger partial charge < -0.3 is 5.11 Å². The molecule has 1 aromatic carbocycles. The number of hydrogen-bond donors (Lipinski definition) is 1. The number of hydrogen-bond acceptors (Lipinski definition) is 1. The highest BCUT2D eigenvalue weighted by Crippen LogP contribution is 2.38. The van der Waals surface area contributed by atoms with Crippen molar-refractivity contribution in [2.75, 3.05) is 0 Å². The van der Waals surface area contributed by atoms with E-state index in [1.54, 1.807) is 0 Å². The fourth-order valence-electron chi connectivity index (χ4n) is 2.11. The maximum Gasteiger partial charge on any atom is 0.0896 e. The molecule has 1 saturated carbocycles. The number of unbranched alkanes of at least 4 members (excludes halogenated alkanes) is 1. The van der Waals surface area contributed by atoms with Crippen LogP contribution in [0.2, 0.25) is 0 Å². The number of benzene rings is 1. The van der Waals surface area contributed by atoms with E-state index in [4.69, 9.17) is 0 Å². The summed E-state index contributed by atoms with van der Waals surface area (Å²) in [6.07, 6.45) is 6.81. The van der Waals surface area contributed by atoms with Crippen LogP contribution >= 0.6 is 0 Å². The van der Waals surface area contributed by atoms with Crippen LogP contribution in [0.5, 0.6) is 0 Å². The molecule has 1 aromatic rings. The zero-order valence-electron chi connectivity index (χ0n) is 11.5. The fraction of sp³-hybridized carbons (Fsp3) is 0.625. The Hall–Kier alpha value is -0.820. The largest absolute Gasteiger partial charge is 0.385 e. The minimum atomic E-state index is -0.520.